The van der Waals surface area contributed by atoms with Crippen molar-refractivity contribution >= 4 is 22.9 Å². The van der Waals surface area contributed by atoms with Crippen molar-refractivity contribution in [1.29, 1.82) is 0 Å². The highest BCUT2D eigenvalue weighted by Crippen LogP contribution is 2.21. The second-order valence-electron chi connectivity index (χ2n) is 5.06. The summed E-state index contributed by atoms with van der Waals surface area (Å²) >= 11 is 1.58. The minimum Gasteiger partial charge on any atom is -0.383 e. The number of thiophene rings is 1. The van der Waals surface area contributed by atoms with Crippen LogP contribution in [0.2, 0.25) is 0 Å². The van der Waals surface area contributed by atoms with Crippen LogP contribution in [0.3, 0.4) is 0 Å². The lowest BCUT2D eigenvalue weighted by Gasteiger charge is -2.22. The predicted molar refractivity (Wildman–Crippen MR) is 88.8 cm³/mol. The third kappa shape index (κ3) is 4.37. The van der Waals surface area contributed by atoms with E-state index in [0.29, 0.717) is 30.8 Å². The molecule has 1 aromatic heterocycles. The zero-order valence-electron chi connectivity index (χ0n) is 13.0. The Morgan fingerprint density at radius 1 is 1.39 bits per heavy atom. The Bertz CT molecular complexity index is 685. The smallest absolute Gasteiger partial charge is 0.272 e. The lowest BCUT2D eigenvalue weighted by atomic mass is 10.1. The van der Waals surface area contributed by atoms with Crippen LogP contribution in [0, 0.1) is 17.0 Å². The molecule has 0 spiro atoms. The van der Waals surface area contributed by atoms with Crippen molar-refractivity contribution in [2.45, 2.75) is 13.5 Å². The summed E-state index contributed by atoms with van der Waals surface area (Å²) in [6, 6.07) is 8.35. The number of carbonyl (C=O) groups excluding carboxylic acids is 1. The number of ether oxygens (including phenoxy) is 1. The number of carbonyl (C=O) groups is 1. The van der Waals surface area contributed by atoms with E-state index in [1.807, 2.05) is 17.5 Å². The minimum atomic E-state index is -0.446. The zero-order valence-corrected chi connectivity index (χ0v) is 13.8. The van der Waals surface area contributed by atoms with Crippen molar-refractivity contribution in [3.63, 3.8) is 0 Å². The van der Waals surface area contributed by atoms with Gasteiger partial charge in [-0.25, -0.2) is 0 Å². The van der Waals surface area contributed by atoms with E-state index >= 15 is 0 Å². The van der Waals surface area contributed by atoms with Gasteiger partial charge in [-0.1, -0.05) is 6.07 Å². The summed E-state index contributed by atoms with van der Waals surface area (Å²) in [5.41, 5.74) is 0.938. The quantitative estimate of drug-likeness (QED) is 0.575. The molecule has 0 fully saturated rings. The summed E-state index contributed by atoms with van der Waals surface area (Å²) in [5.74, 6) is -0.159. The lowest BCUT2D eigenvalue weighted by Crippen LogP contribution is -2.33. The number of nitro benzene ring substituents is 1. The van der Waals surface area contributed by atoms with E-state index in [9.17, 15) is 14.9 Å². The third-order valence-corrected chi connectivity index (χ3v) is 4.28. The molecule has 1 aromatic carbocycles. The normalized spacial score (nSPS) is 10.5. The largest absolute Gasteiger partial charge is 0.383 e. The number of benzene rings is 1. The summed E-state index contributed by atoms with van der Waals surface area (Å²) in [6.45, 7) is 3.02. The number of hydrogen-bond donors (Lipinski definition) is 0. The van der Waals surface area contributed by atoms with Gasteiger partial charge in [-0.15, -0.1) is 11.3 Å². The van der Waals surface area contributed by atoms with Crippen molar-refractivity contribution in [3.05, 3.63) is 61.8 Å². The van der Waals surface area contributed by atoms with E-state index in [4.69, 9.17) is 4.74 Å². The first kappa shape index (κ1) is 17.1. The monoisotopic (exact) mass is 334 g/mol. The number of methoxy groups -OCH3 is 1. The van der Waals surface area contributed by atoms with Crippen molar-refractivity contribution in [2.75, 3.05) is 20.3 Å². The maximum absolute atomic E-state index is 12.7. The average molecular weight is 334 g/mol. The lowest BCUT2D eigenvalue weighted by molar-refractivity contribution is -0.385. The van der Waals surface area contributed by atoms with Gasteiger partial charge in [0.2, 0.25) is 0 Å². The Morgan fingerprint density at radius 2 is 2.17 bits per heavy atom. The van der Waals surface area contributed by atoms with Gasteiger partial charge >= 0.3 is 0 Å². The maximum Gasteiger partial charge on any atom is 0.272 e. The fourth-order valence-electron chi connectivity index (χ4n) is 2.22. The van der Waals surface area contributed by atoms with Crippen LogP contribution in [-0.4, -0.2) is 36.0 Å². The molecular weight excluding hydrogens is 316 g/mol. The highest BCUT2D eigenvalue weighted by atomic mass is 32.1. The maximum atomic E-state index is 12.7. The second-order valence-corrected chi connectivity index (χ2v) is 6.09. The Kier molecular flexibility index (Phi) is 5.84. The van der Waals surface area contributed by atoms with Crippen LogP contribution in [0.25, 0.3) is 0 Å². The van der Waals surface area contributed by atoms with Gasteiger partial charge in [0.25, 0.3) is 11.6 Å². The number of aryl methyl sites for hydroxylation is 1. The Labute approximate surface area is 138 Å². The van der Waals surface area contributed by atoms with E-state index < -0.39 is 4.92 Å². The fraction of sp³-hybridized carbons (Fsp3) is 0.312. The number of amides is 1. The van der Waals surface area contributed by atoms with Gasteiger partial charge in [0.1, 0.15) is 0 Å². The number of nitro groups is 1. The molecule has 2 aromatic rings. The first-order chi connectivity index (χ1) is 11.0. The predicted octanol–water partition coefficient (Wildman–Crippen LogP) is 3.25. The Hall–Kier alpha value is -2.25. The van der Waals surface area contributed by atoms with Gasteiger partial charge in [0.05, 0.1) is 18.1 Å². The molecule has 0 unspecified atom stereocenters. The van der Waals surface area contributed by atoms with Crippen LogP contribution >= 0.6 is 11.3 Å². The topological polar surface area (TPSA) is 72.7 Å². The molecule has 0 saturated carbocycles. The third-order valence-electron chi connectivity index (χ3n) is 3.42. The molecule has 6 nitrogen and oxygen atoms in total. The van der Waals surface area contributed by atoms with E-state index in [1.165, 1.54) is 12.1 Å². The van der Waals surface area contributed by atoms with Crippen LogP contribution in [0.1, 0.15) is 20.8 Å². The minimum absolute atomic E-state index is 0.0169. The van der Waals surface area contributed by atoms with E-state index in [1.54, 1.807) is 36.3 Å². The van der Waals surface area contributed by atoms with Crippen LogP contribution in [-0.2, 0) is 11.3 Å². The van der Waals surface area contributed by atoms with Gasteiger partial charge in [-0.3, -0.25) is 14.9 Å². The van der Waals surface area contributed by atoms with Gasteiger partial charge in [-0.05, 0) is 30.5 Å². The van der Waals surface area contributed by atoms with Crippen LogP contribution < -0.4 is 0 Å². The molecule has 0 aliphatic heterocycles. The molecule has 0 N–H and O–H groups in total. The summed E-state index contributed by atoms with van der Waals surface area (Å²) in [4.78, 5) is 25.9. The van der Waals surface area contributed by atoms with E-state index in [0.717, 1.165) is 4.88 Å². The van der Waals surface area contributed by atoms with Gasteiger partial charge in [0, 0.05) is 35.7 Å². The molecule has 0 saturated heterocycles. The van der Waals surface area contributed by atoms with E-state index in [2.05, 4.69) is 0 Å². The highest BCUT2D eigenvalue weighted by molar-refractivity contribution is 7.09. The molecule has 122 valence electrons. The average Bonchev–Trinajstić information content (AvgIpc) is 3.03. The van der Waals surface area contributed by atoms with Gasteiger partial charge < -0.3 is 9.64 Å². The highest BCUT2D eigenvalue weighted by Gasteiger charge is 2.19. The molecule has 0 atom stereocenters. The van der Waals surface area contributed by atoms with Gasteiger partial charge in [0.15, 0.2) is 0 Å². The molecular formula is C16H18N2O4S. The first-order valence-electron chi connectivity index (χ1n) is 7.08. The van der Waals surface area contributed by atoms with Crippen molar-refractivity contribution in [1.82, 2.24) is 4.90 Å². The first-order valence-corrected chi connectivity index (χ1v) is 7.96. The van der Waals surface area contributed by atoms with Crippen molar-refractivity contribution in [3.8, 4) is 0 Å². The van der Waals surface area contributed by atoms with Crippen molar-refractivity contribution < 1.29 is 14.5 Å². The van der Waals surface area contributed by atoms with Crippen LogP contribution in [0.5, 0.6) is 0 Å². The molecule has 0 aliphatic rings. The molecule has 2 rings (SSSR count). The zero-order chi connectivity index (χ0) is 16.8. The van der Waals surface area contributed by atoms with E-state index in [-0.39, 0.29) is 11.6 Å². The molecule has 1 amide bonds. The number of hydrogen-bond acceptors (Lipinski definition) is 5. The van der Waals surface area contributed by atoms with Crippen LogP contribution in [0.4, 0.5) is 5.69 Å². The fourth-order valence-corrected chi connectivity index (χ4v) is 2.94. The van der Waals surface area contributed by atoms with Crippen molar-refractivity contribution in [2.24, 2.45) is 0 Å². The SMILES string of the molecule is COCCN(Cc1cccs1)C(=O)c1ccc([N+](=O)[O-])c(C)c1. The molecule has 7 heteroatoms. The Balaban J connectivity index is 2.22. The standard InChI is InChI=1S/C16H18N2O4S/c1-12-10-13(5-6-15(12)18(20)21)16(19)17(7-8-22-2)11-14-4-3-9-23-14/h3-6,9-10H,7-8,11H2,1-2H3. The second kappa shape index (κ2) is 7.85. The van der Waals surface area contributed by atoms with Crippen LogP contribution in [0.15, 0.2) is 35.7 Å². The molecule has 0 radical (unpaired) electrons. The molecule has 23 heavy (non-hydrogen) atoms. The number of nitrogens with zero attached hydrogens (tertiary/aromatic N) is 2. The molecule has 0 aliphatic carbocycles. The Morgan fingerprint density at radius 3 is 2.74 bits per heavy atom. The van der Waals surface area contributed by atoms with Gasteiger partial charge in [-0.2, -0.15) is 0 Å². The summed E-state index contributed by atoms with van der Waals surface area (Å²) < 4.78 is 5.07. The summed E-state index contributed by atoms with van der Waals surface area (Å²) in [7, 11) is 1.59. The number of rotatable bonds is 7. The molecule has 1 heterocycles. The summed E-state index contributed by atoms with van der Waals surface area (Å²) in [6.07, 6.45) is 0. The summed E-state index contributed by atoms with van der Waals surface area (Å²) in [5, 5.41) is 12.8. The molecule has 0 bridgehead atoms.